The van der Waals surface area contributed by atoms with Crippen LogP contribution in [-0.4, -0.2) is 42.8 Å². The van der Waals surface area contributed by atoms with Gasteiger partial charge in [-0.25, -0.2) is 4.79 Å². The van der Waals surface area contributed by atoms with Crippen LogP contribution in [0.1, 0.15) is 42.4 Å². The van der Waals surface area contributed by atoms with Gasteiger partial charge in [0.15, 0.2) is 0 Å². The normalized spacial score (nSPS) is 22.3. The standard InChI is InChI=1S/C19H28N2O2/c1-14-5-6-15(2)16(12-14)13-18-4-3-9-21(18)19(22)20-17-7-10-23-11-8-17/h5-6,12,17-18H,3-4,7-11,13H2,1-2H3,(H,20,22). The van der Waals surface area contributed by atoms with Gasteiger partial charge in [-0.2, -0.15) is 0 Å². The van der Waals surface area contributed by atoms with E-state index in [1.807, 2.05) is 0 Å². The fraction of sp³-hybridized carbons (Fsp3) is 0.632. The lowest BCUT2D eigenvalue weighted by molar-refractivity contribution is 0.0778. The summed E-state index contributed by atoms with van der Waals surface area (Å²) in [5.41, 5.74) is 4.00. The van der Waals surface area contributed by atoms with Gasteiger partial charge < -0.3 is 15.0 Å². The van der Waals surface area contributed by atoms with Crippen molar-refractivity contribution >= 4 is 6.03 Å². The summed E-state index contributed by atoms with van der Waals surface area (Å²) in [6.07, 6.45) is 5.04. The van der Waals surface area contributed by atoms with Gasteiger partial charge in [-0.05, 0) is 57.1 Å². The highest BCUT2D eigenvalue weighted by molar-refractivity contribution is 5.75. The lowest BCUT2D eigenvalue weighted by Crippen LogP contribution is -2.48. The Morgan fingerprint density at radius 2 is 2.04 bits per heavy atom. The number of hydrogen-bond donors (Lipinski definition) is 1. The second-order valence-corrected chi connectivity index (χ2v) is 6.96. The lowest BCUT2D eigenvalue weighted by Gasteiger charge is -2.30. The van der Waals surface area contributed by atoms with Crippen LogP contribution in [0.25, 0.3) is 0 Å². The number of amides is 2. The van der Waals surface area contributed by atoms with Gasteiger partial charge in [0.25, 0.3) is 0 Å². The molecular formula is C19H28N2O2. The van der Waals surface area contributed by atoms with E-state index in [-0.39, 0.29) is 12.1 Å². The first-order valence-corrected chi connectivity index (χ1v) is 8.84. The monoisotopic (exact) mass is 316 g/mol. The number of aryl methyl sites for hydroxylation is 2. The summed E-state index contributed by atoms with van der Waals surface area (Å²) < 4.78 is 5.37. The number of likely N-dealkylation sites (tertiary alicyclic amines) is 1. The van der Waals surface area contributed by atoms with Crippen molar-refractivity contribution in [1.82, 2.24) is 10.2 Å². The predicted molar refractivity (Wildman–Crippen MR) is 91.7 cm³/mol. The largest absolute Gasteiger partial charge is 0.381 e. The second-order valence-electron chi connectivity index (χ2n) is 6.96. The van der Waals surface area contributed by atoms with Crippen LogP contribution in [0.3, 0.4) is 0 Å². The predicted octanol–water partition coefficient (Wildman–Crippen LogP) is 3.20. The molecule has 23 heavy (non-hydrogen) atoms. The van der Waals surface area contributed by atoms with E-state index in [0.717, 1.165) is 51.9 Å². The Labute approximate surface area is 139 Å². The molecule has 0 bridgehead atoms. The first-order chi connectivity index (χ1) is 11.1. The van der Waals surface area contributed by atoms with Crippen LogP contribution in [0.5, 0.6) is 0 Å². The summed E-state index contributed by atoms with van der Waals surface area (Å²) in [4.78, 5) is 14.7. The summed E-state index contributed by atoms with van der Waals surface area (Å²) >= 11 is 0. The molecule has 2 heterocycles. The van der Waals surface area contributed by atoms with E-state index in [1.165, 1.54) is 16.7 Å². The number of carbonyl (C=O) groups is 1. The molecule has 0 aliphatic carbocycles. The molecule has 2 fully saturated rings. The van der Waals surface area contributed by atoms with E-state index >= 15 is 0 Å². The SMILES string of the molecule is Cc1ccc(C)c(CC2CCCN2C(=O)NC2CCOCC2)c1. The summed E-state index contributed by atoms with van der Waals surface area (Å²) in [6.45, 7) is 6.70. The Hall–Kier alpha value is -1.55. The molecule has 0 aromatic heterocycles. The van der Waals surface area contributed by atoms with Gasteiger partial charge in [-0.15, -0.1) is 0 Å². The van der Waals surface area contributed by atoms with Gasteiger partial charge >= 0.3 is 6.03 Å². The number of ether oxygens (including phenoxy) is 1. The van der Waals surface area contributed by atoms with Crippen LogP contribution in [0.2, 0.25) is 0 Å². The van der Waals surface area contributed by atoms with Crippen LogP contribution in [-0.2, 0) is 11.2 Å². The number of urea groups is 1. The van der Waals surface area contributed by atoms with Crippen molar-refractivity contribution in [3.8, 4) is 0 Å². The molecular weight excluding hydrogens is 288 g/mol. The minimum Gasteiger partial charge on any atom is -0.381 e. The molecule has 0 spiro atoms. The molecule has 0 radical (unpaired) electrons. The molecule has 2 aliphatic heterocycles. The van der Waals surface area contributed by atoms with Gasteiger partial charge in [0, 0.05) is 31.8 Å². The van der Waals surface area contributed by atoms with Crippen molar-refractivity contribution in [3.63, 3.8) is 0 Å². The molecule has 4 heteroatoms. The van der Waals surface area contributed by atoms with Gasteiger partial charge in [0.2, 0.25) is 0 Å². The molecule has 1 aromatic rings. The highest BCUT2D eigenvalue weighted by Gasteiger charge is 2.30. The van der Waals surface area contributed by atoms with Crippen molar-refractivity contribution in [2.45, 2.75) is 58.0 Å². The number of carbonyl (C=O) groups excluding carboxylic acids is 1. The van der Waals surface area contributed by atoms with Crippen molar-refractivity contribution < 1.29 is 9.53 Å². The van der Waals surface area contributed by atoms with E-state index in [1.54, 1.807) is 0 Å². The van der Waals surface area contributed by atoms with E-state index in [4.69, 9.17) is 4.74 Å². The van der Waals surface area contributed by atoms with Crippen molar-refractivity contribution in [2.75, 3.05) is 19.8 Å². The first kappa shape index (κ1) is 16.3. The van der Waals surface area contributed by atoms with Gasteiger partial charge in [-0.1, -0.05) is 23.8 Å². The van der Waals surface area contributed by atoms with Crippen LogP contribution >= 0.6 is 0 Å². The molecule has 1 unspecified atom stereocenters. The zero-order valence-corrected chi connectivity index (χ0v) is 14.3. The Bertz CT molecular complexity index is 552. The number of rotatable bonds is 3. The Kier molecular flexibility index (Phi) is 5.21. The van der Waals surface area contributed by atoms with Gasteiger partial charge in [-0.3, -0.25) is 0 Å². The molecule has 4 nitrogen and oxygen atoms in total. The maximum absolute atomic E-state index is 12.6. The van der Waals surface area contributed by atoms with E-state index in [9.17, 15) is 4.79 Å². The van der Waals surface area contributed by atoms with Gasteiger partial charge in [0.05, 0.1) is 0 Å². The first-order valence-electron chi connectivity index (χ1n) is 8.84. The highest BCUT2D eigenvalue weighted by atomic mass is 16.5. The van der Waals surface area contributed by atoms with E-state index < -0.39 is 0 Å². The number of hydrogen-bond acceptors (Lipinski definition) is 2. The van der Waals surface area contributed by atoms with E-state index in [2.05, 4.69) is 42.3 Å². The summed E-state index contributed by atoms with van der Waals surface area (Å²) in [5, 5.41) is 3.21. The average molecular weight is 316 g/mol. The molecule has 3 rings (SSSR count). The summed E-state index contributed by atoms with van der Waals surface area (Å²) in [7, 11) is 0. The van der Waals surface area contributed by atoms with Crippen molar-refractivity contribution in [1.29, 1.82) is 0 Å². The lowest BCUT2D eigenvalue weighted by atomic mass is 9.98. The van der Waals surface area contributed by atoms with Crippen LogP contribution in [0, 0.1) is 13.8 Å². The smallest absolute Gasteiger partial charge is 0.317 e. The Morgan fingerprint density at radius 3 is 2.83 bits per heavy atom. The maximum Gasteiger partial charge on any atom is 0.317 e. The zero-order valence-electron chi connectivity index (χ0n) is 14.3. The highest BCUT2D eigenvalue weighted by Crippen LogP contribution is 2.23. The maximum atomic E-state index is 12.6. The minimum atomic E-state index is 0.115. The third kappa shape index (κ3) is 4.05. The zero-order chi connectivity index (χ0) is 16.2. The topological polar surface area (TPSA) is 41.6 Å². The number of nitrogens with one attached hydrogen (secondary N) is 1. The molecule has 2 amide bonds. The minimum absolute atomic E-state index is 0.115. The van der Waals surface area contributed by atoms with Crippen molar-refractivity contribution in [2.24, 2.45) is 0 Å². The Balaban J connectivity index is 1.62. The molecule has 2 aliphatic rings. The molecule has 0 saturated carbocycles. The van der Waals surface area contributed by atoms with Crippen LogP contribution in [0.15, 0.2) is 18.2 Å². The Morgan fingerprint density at radius 1 is 1.26 bits per heavy atom. The second kappa shape index (κ2) is 7.35. The molecule has 1 N–H and O–H groups in total. The van der Waals surface area contributed by atoms with Crippen LogP contribution < -0.4 is 5.32 Å². The summed E-state index contributed by atoms with van der Waals surface area (Å²) in [5.74, 6) is 0. The number of benzene rings is 1. The molecule has 1 atom stereocenters. The fourth-order valence-corrected chi connectivity index (χ4v) is 3.69. The van der Waals surface area contributed by atoms with Crippen molar-refractivity contribution in [3.05, 3.63) is 34.9 Å². The number of nitrogens with zero attached hydrogens (tertiary/aromatic N) is 1. The quantitative estimate of drug-likeness (QED) is 0.930. The van der Waals surface area contributed by atoms with Gasteiger partial charge in [0.1, 0.15) is 0 Å². The average Bonchev–Trinajstić information content (AvgIpc) is 3.00. The molecule has 2 saturated heterocycles. The fourth-order valence-electron chi connectivity index (χ4n) is 3.69. The molecule has 126 valence electrons. The third-order valence-electron chi connectivity index (χ3n) is 5.15. The summed E-state index contributed by atoms with van der Waals surface area (Å²) in [6, 6.07) is 7.33. The third-order valence-corrected chi connectivity index (χ3v) is 5.15. The van der Waals surface area contributed by atoms with E-state index in [0.29, 0.717) is 6.04 Å². The van der Waals surface area contributed by atoms with Crippen LogP contribution in [0.4, 0.5) is 4.79 Å². The molecule has 1 aromatic carbocycles.